The van der Waals surface area contributed by atoms with E-state index in [2.05, 4.69) is 32.6 Å². The van der Waals surface area contributed by atoms with Gasteiger partial charge in [0.2, 0.25) is 0 Å². The molecule has 0 aliphatic carbocycles. The largest absolute Gasteiger partial charge is 0.346 e. The lowest BCUT2D eigenvalue weighted by molar-refractivity contribution is 0.0919. The van der Waals surface area contributed by atoms with E-state index in [1.165, 1.54) is 5.56 Å². The summed E-state index contributed by atoms with van der Waals surface area (Å²) in [7, 11) is 1.89. The molecule has 7 nitrogen and oxygen atoms in total. The van der Waals surface area contributed by atoms with Crippen molar-refractivity contribution in [2.75, 3.05) is 13.1 Å². The van der Waals surface area contributed by atoms with Crippen molar-refractivity contribution in [2.45, 2.75) is 38.6 Å². The zero-order valence-electron chi connectivity index (χ0n) is 18.0. The molecular weight excluding hydrogens is 412 g/mol. The fourth-order valence-electron chi connectivity index (χ4n) is 4.24. The Hall–Kier alpha value is -2.77. The van der Waals surface area contributed by atoms with Crippen LogP contribution in [0, 0.1) is 6.92 Å². The van der Waals surface area contributed by atoms with Crippen LogP contribution in [0.1, 0.15) is 46.7 Å². The summed E-state index contributed by atoms with van der Waals surface area (Å²) in [6, 6.07) is 9.60. The average Bonchev–Trinajstić information content (AvgIpc) is 3.15. The highest BCUT2D eigenvalue weighted by Gasteiger charge is 2.28. The van der Waals surface area contributed by atoms with E-state index in [1.807, 2.05) is 37.5 Å². The number of carbonyl (C=O) groups is 1. The summed E-state index contributed by atoms with van der Waals surface area (Å²) in [6.07, 6.45) is 3.62. The minimum atomic E-state index is -0.195. The maximum absolute atomic E-state index is 13.2. The number of benzene rings is 1. The SMILES string of the molecule is CCc1cnn(C)c1-c1cc(C(=O)N[C@H]2CNCC[C@@H]2c2ccc(Cl)cc2)nc(C)n1. The van der Waals surface area contributed by atoms with E-state index < -0.39 is 0 Å². The molecule has 1 aliphatic heterocycles. The second-order valence-electron chi connectivity index (χ2n) is 7.91. The first-order valence-electron chi connectivity index (χ1n) is 10.6. The number of nitrogens with one attached hydrogen (secondary N) is 2. The molecule has 0 bridgehead atoms. The maximum Gasteiger partial charge on any atom is 0.270 e. The van der Waals surface area contributed by atoms with Crippen molar-refractivity contribution in [1.82, 2.24) is 30.4 Å². The molecule has 162 valence electrons. The molecule has 1 aliphatic rings. The predicted octanol–water partition coefficient (Wildman–Crippen LogP) is 3.28. The Morgan fingerprint density at radius 1 is 1.29 bits per heavy atom. The Kier molecular flexibility index (Phi) is 6.34. The standard InChI is InChI=1S/C23H27ClN6O/c1-4-15-12-26-30(3)22(15)19-11-20(28-14(2)27-19)23(31)29-21-13-25-10-9-18(21)16-5-7-17(24)8-6-16/h5-8,11-12,18,21,25H,4,9-10,13H2,1-3H3,(H,29,31)/t18-,21+/m1/s1. The zero-order valence-corrected chi connectivity index (χ0v) is 18.8. The molecule has 4 rings (SSSR count). The number of carbonyl (C=O) groups excluding carboxylic acids is 1. The number of amides is 1. The second kappa shape index (κ2) is 9.16. The van der Waals surface area contributed by atoms with Crippen molar-refractivity contribution < 1.29 is 4.79 Å². The van der Waals surface area contributed by atoms with Gasteiger partial charge in [-0.1, -0.05) is 30.7 Å². The van der Waals surface area contributed by atoms with Gasteiger partial charge in [0, 0.05) is 30.6 Å². The smallest absolute Gasteiger partial charge is 0.270 e. The molecule has 1 fully saturated rings. The van der Waals surface area contributed by atoms with Crippen LogP contribution in [-0.2, 0) is 13.5 Å². The fraction of sp³-hybridized carbons (Fsp3) is 0.391. The Morgan fingerprint density at radius 2 is 2.06 bits per heavy atom. The van der Waals surface area contributed by atoms with Crippen molar-refractivity contribution in [2.24, 2.45) is 7.05 Å². The van der Waals surface area contributed by atoms with Crippen molar-refractivity contribution in [3.63, 3.8) is 0 Å². The van der Waals surface area contributed by atoms with Crippen LogP contribution >= 0.6 is 11.6 Å². The molecule has 0 spiro atoms. The Labute approximate surface area is 187 Å². The topological polar surface area (TPSA) is 84.7 Å². The van der Waals surface area contributed by atoms with Gasteiger partial charge in [-0.2, -0.15) is 5.10 Å². The quantitative estimate of drug-likeness (QED) is 0.638. The van der Waals surface area contributed by atoms with Crippen LogP contribution in [0.2, 0.25) is 5.02 Å². The van der Waals surface area contributed by atoms with Crippen LogP contribution in [0.15, 0.2) is 36.5 Å². The van der Waals surface area contributed by atoms with Crippen molar-refractivity contribution in [3.05, 3.63) is 64.2 Å². The molecule has 0 radical (unpaired) electrons. The molecule has 2 aromatic heterocycles. The number of aryl methyl sites for hydroxylation is 3. The summed E-state index contributed by atoms with van der Waals surface area (Å²) >= 11 is 6.05. The van der Waals surface area contributed by atoms with Crippen LogP contribution in [0.4, 0.5) is 0 Å². The average molecular weight is 439 g/mol. The van der Waals surface area contributed by atoms with Crippen molar-refractivity contribution in [1.29, 1.82) is 0 Å². The molecule has 0 saturated carbocycles. The number of rotatable bonds is 5. The third-order valence-corrected chi connectivity index (χ3v) is 6.06. The summed E-state index contributed by atoms with van der Waals surface area (Å²) in [5.74, 6) is 0.579. The molecule has 2 N–H and O–H groups in total. The van der Waals surface area contributed by atoms with Gasteiger partial charge in [-0.15, -0.1) is 0 Å². The first kappa shape index (κ1) is 21.5. The van der Waals surface area contributed by atoms with Gasteiger partial charge in [-0.05, 0) is 55.6 Å². The van der Waals surface area contributed by atoms with E-state index >= 15 is 0 Å². The first-order valence-corrected chi connectivity index (χ1v) is 11.0. The van der Waals surface area contributed by atoms with Crippen LogP contribution in [0.25, 0.3) is 11.4 Å². The minimum Gasteiger partial charge on any atom is -0.346 e. The fourth-order valence-corrected chi connectivity index (χ4v) is 4.36. The highest BCUT2D eigenvalue weighted by molar-refractivity contribution is 6.30. The number of hydrogen-bond acceptors (Lipinski definition) is 5. The van der Waals surface area contributed by atoms with E-state index in [9.17, 15) is 4.79 Å². The Morgan fingerprint density at radius 3 is 2.81 bits per heavy atom. The van der Waals surface area contributed by atoms with Gasteiger partial charge in [-0.3, -0.25) is 9.48 Å². The molecule has 2 atom stereocenters. The van der Waals surface area contributed by atoms with Gasteiger partial charge in [0.15, 0.2) is 0 Å². The normalized spacial score (nSPS) is 18.7. The number of piperidine rings is 1. The van der Waals surface area contributed by atoms with Crippen molar-refractivity contribution >= 4 is 17.5 Å². The molecule has 3 heterocycles. The summed E-state index contributed by atoms with van der Waals surface area (Å²) in [5, 5.41) is 11.6. The number of nitrogens with zero attached hydrogens (tertiary/aromatic N) is 4. The van der Waals surface area contributed by atoms with Crippen molar-refractivity contribution in [3.8, 4) is 11.4 Å². The molecule has 1 saturated heterocycles. The third kappa shape index (κ3) is 4.62. The lowest BCUT2D eigenvalue weighted by Crippen LogP contribution is -2.50. The van der Waals surface area contributed by atoms with Gasteiger partial charge in [0.25, 0.3) is 5.91 Å². The van der Waals surface area contributed by atoms with Gasteiger partial charge in [-0.25, -0.2) is 9.97 Å². The lowest BCUT2D eigenvalue weighted by atomic mass is 9.86. The van der Waals surface area contributed by atoms with Gasteiger partial charge >= 0.3 is 0 Å². The first-order chi connectivity index (χ1) is 15.0. The molecule has 8 heteroatoms. The highest BCUT2D eigenvalue weighted by Crippen LogP contribution is 2.27. The van der Waals surface area contributed by atoms with Gasteiger partial charge < -0.3 is 10.6 Å². The summed E-state index contributed by atoms with van der Waals surface area (Å²) in [5.41, 5.74) is 4.27. The van der Waals surface area contributed by atoms with E-state index in [-0.39, 0.29) is 17.9 Å². The summed E-state index contributed by atoms with van der Waals surface area (Å²) < 4.78 is 1.80. The second-order valence-corrected chi connectivity index (χ2v) is 8.35. The monoisotopic (exact) mass is 438 g/mol. The van der Waals surface area contributed by atoms with E-state index in [0.29, 0.717) is 28.8 Å². The van der Waals surface area contributed by atoms with Gasteiger partial charge in [0.1, 0.15) is 11.5 Å². The zero-order chi connectivity index (χ0) is 22.0. The van der Waals surface area contributed by atoms with Gasteiger partial charge in [0.05, 0.1) is 17.6 Å². The third-order valence-electron chi connectivity index (χ3n) is 5.81. The van der Waals surface area contributed by atoms with Crippen LogP contribution in [-0.4, -0.2) is 44.8 Å². The molecular formula is C23H27ClN6O. The highest BCUT2D eigenvalue weighted by atomic mass is 35.5. The summed E-state index contributed by atoms with van der Waals surface area (Å²) in [4.78, 5) is 22.2. The molecule has 31 heavy (non-hydrogen) atoms. The van der Waals surface area contributed by atoms with Crippen LogP contribution in [0.5, 0.6) is 0 Å². The van der Waals surface area contributed by atoms with Crippen LogP contribution in [0.3, 0.4) is 0 Å². The lowest BCUT2D eigenvalue weighted by Gasteiger charge is -2.33. The van der Waals surface area contributed by atoms with E-state index in [0.717, 1.165) is 30.6 Å². The summed E-state index contributed by atoms with van der Waals surface area (Å²) in [6.45, 7) is 5.50. The molecule has 1 aromatic carbocycles. The molecule has 0 unspecified atom stereocenters. The number of halogens is 1. The number of hydrogen-bond donors (Lipinski definition) is 2. The van der Waals surface area contributed by atoms with E-state index in [4.69, 9.17) is 11.6 Å². The van der Waals surface area contributed by atoms with Crippen LogP contribution < -0.4 is 10.6 Å². The Bertz CT molecular complexity index is 1080. The maximum atomic E-state index is 13.2. The minimum absolute atomic E-state index is 0.0379. The molecule has 1 amide bonds. The number of aromatic nitrogens is 4. The predicted molar refractivity (Wildman–Crippen MR) is 121 cm³/mol. The van der Waals surface area contributed by atoms with E-state index in [1.54, 1.807) is 17.7 Å². The molecule has 3 aromatic rings. The Balaban J connectivity index is 1.60.